The number of piperazine rings is 1. The van der Waals surface area contributed by atoms with E-state index in [2.05, 4.69) is 54.8 Å². The topological polar surface area (TPSA) is 32.8 Å². The molecule has 0 spiro atoms. The molecule has 25 heavy (non-hydrogen) atoms. The van der Waals surface area contributed by atoms with Crippen LogP contribution in [0.25, 0.3) is 0 Å². The molecular weight excluding hydrogens is 312 g/mol. The van der Waals surface area contributed by atoms with E-state index in [1.54, 1.807) is 0 Å². The Morgan fingerprint density at radius 1 is 1.08 bits per heavy atom. The first-order chi connectivity index (χ1) is 12.0. The van der Waals surface area contributed by atoms with Crippen molar-refractivity contribution in [1.82, 2.24) is 9.80 Å². The van der Waals surface area contributed by atoms with E-state index in [-0.39, 0.29) is 5.91 Å². The van der Waals surface area contributed by atoms with E-state index in [9.17, 15) is 4.79 Å². The Hall–Kier alpha value is -1.39. The zero-order valence-corrected chi connectivity index (χ0v) is 16.0. The third kappa shape index (κ3) is 4.42. The van der Waals surface area contributed by atoms with Crippen molar-refractivity contribution in [2.45, 2.75) is 39.0 Å². The van der Waals surface area contributed by atoms with Gasteiger partial charge in [-0.1, -0.05) is 29.8 Å². The normalized spacial score (nSPS) is 20.7. The molecule has 0 bridgehead atoms. The summed E-state index contributed by atoms with van der Waals surface area (Å²) in [5, 5.41) is 0. The van der Waals surface area contributed by atoms with Crippen LogP contribution in [0.4, 0.5) is 0 Å². The van der Waals surface area contributed by atoms with Crippen molar-refractivity contribution in [1.29, 1.82) is 0 Å². The molecule has 4 heteroatoms. The summed E-state index contributed by atoms with van der Waals surface area (Å²) in [5.41, 5.74) is 1.87. The predicted molar refractivity (Wildman–Crippen MR) is 101 cm³/mol. The van der Waals surface area contributed by atoms with Crippen LogP contribution in [0.15, 0.2) is 24.3 Å². The van der Waals surface area contributed by atoms with Crippen LogP contribution >= 0.6 is 0 Å². The molecule has 1 aromatic carbocycles. The van der Waals surface area contributed by atoms with E-state index in [1.165, 1.54) is 18.4 Å². The summed E-state index contributed by atoms with van der Waals surface area (Å²) in [6.45, 7) is 12.8. The van der Waals surface area contributed by atoms with Crippen LogP contribution in [0.5, 0.6) is 0 Å². The molecule has 0 radical (unpaired) electrons. The maximum Gasteiger partial charge on any atom is 0.232 e. The summed E-state index contributed by atoms with van der Waals surface area (Å²) < 4.78 is 5.45. The van der Waals surface area contributed by atoms with Gasteiger partial charge < -0.3 is 9.64 Å². The number of carbonyl (C=O) groups is 1. The molecule has 2 saturated heterocycles. The molecule has 0 aromatic heterocycles. The lowest BCUT2D eigenvalue weighted by Crippen LogP contribution is -2.53. The fraction of sp³-hybridized carbons (Fsp3) is 0.667. The van der Waals surface area contributed by atoms with Crippen molar-refractivity contribution in [2.75, 3.05) is 45.9 Å². The summed E-state index contributed by atoms with van der Waals surface area (Å²) in [4.78, 5) is 17.7. The third-order valence-electron chi connectivity index (χ3n) is 5.82. The van der Waals surface area contributed by atoms with Crippen molar-refractivity contribution in [3.8, 4) is 0 Å². The first-order valence-electron chi connectivity index (χ1n) is 9.63. The van der Waals surface area contributed by atoms with Gasteiger partial charge in [-0.25, -0.2) is 0 Å². The lowest BCUT2D eigenvalue weighted by Gasteiger charge is -2.40. The van der Waals surface area contributed by atoms with Gasteiger partial charge in [-0.2, -0.15) is 0 Å². The van der Waals surface area contributed by atoms with E-state index >= 15 is 0 Å². The molecule has 4 nitrogen and oxygen atoms in total. The zero-order valence-electron chi connectivity index (χ0n) is 16.0. The van der Waals surface area contributed by atoms with E-state index in [4.69, 9.17) is 4.74 Å². The van der Waals surface area contributed by atoms with Crippen molar-refractivity contribution in [3.05, 3.63) is 35.4 Å². The van der Waals surface area contributed by atoms with Crippen molar-refractivity contribution in [3.63, 3.8) is 0 Å². The number of carbonyl (C=O) groups excluding carboxylic acids is 1. The number of rotatable bonds is 4. The number of ether oxygens (including phenoxy) is 1. The van der Waals surface area contributed by atoms with Crippen LogP contribution in [0, 0.1) is 12.8 Å². The van der Waals surface area contributed by atoms with Crippen LogP contribution in [0.3, 0.4) is 0 Å². The Morgan fingerprint density at radius 2 is 1.68 bits per heavy atom. The molecule has 0 aliphatic carbocycles. The molecule has 3 rings (SSSR count). The van der Waals surface area contributed by atoms with Gasteiger partial charge in [0.05, 0.1) is 5.41 Å². The maximum atomic E-state index is 13.1. The summed E-state index contributed by atoms with van der Waals surface area (Å²) in [5.74, 6) is 1.02. The Bertz CT molecular complexity index is 568. The van der Waals surface area contributed by atoms with Crippen LogP contribution in [-0.4, -0.2) is 61.6 Å². The van der Waals surface area contributed by atoms with Gasteiger partial charge in [-0.05, 0) is 45.1 Å². The Kier molecular flexibility index (Phi) is 5.80. The van der Waals surface area contributed by atoms with Gasteiger partial charge in [0.1, 0.15) is 0 Å². The number of amides is 1. The fourth-order valence-corrected chi connectivity index (χ4v) is 3.92. The van der Waals surface area contributed by atoms with Gasteiger partial charge in [0.15, 0.2) is 0 Å². The van der Waals surface area contributed by atoms with Crippen LogP contribution in [0.1, 0.15) is 37.8 Å². The van der Waals surface area contributed by atoms with E-state index in [1.807, 2.05) is 0 Å². The number of hydrogen-bond acceptors (Lipinski definition) is 3. The van der Waals surface area contributed by atoms with Gasteiger partial charge in [-0.3, -0.25) is 9.69 Å². The molecular formula is C21H32N2O2. The number of hydrogen-bond donors (Lipinski definition) is 0. The highest BCUT2D eigenvalue weighted by atomic mass is 16.5. The van der Waals surface area contributed by atoms with Crippen molar-refractivity contribution in [2.24, 2.45) is 5.92 Å². The molecule has 2 aliphatic heterocycles. The van der Waals surface area contributed by atoms with Crippen LogP contribution in [-0.2, 0) is 14.9 Å². The second-order valence-corrected chi connectivity index (χ2v) is 8.14. The highest BCUT2D eigenvalue weighted by Gasteiger charge is 2.35. The van der Waals surface area contributed by atoms with Gasteiger partial charge in [0.25, 0.3) is 0 Å². The van der Waals surface area contributed by atoms with Crippen LogP contribution in [0.2, 0.25) is 0 Å². The van der Waals surface area contributed by atoms with E-state index < -0.39 is 5.41 Å². The highest BCUT2D eigenvalue weighted by molar-refractivity contribution is 5.87. The molecule has 1 aromatic rings. The average Bonchev–Trinajstić information content (AvgIpc) is 2.63. The fourth-order valence-electron chi connectivity index (χ4n) is 3.92. The number of aryl methyl sites for hydroxylation is 1. The molecule has 0 N–H and O–H groups in total. The Morgan fingerprint density at radius 3 is 2.28 bits per heavy atom. The lowest BCUT2D eigenvalue weighted by molar-refractivity contribution is -0.138. The lowest BCUT2D eigenvalue weighted by atomic mass is 9.82. The molecule has 2 aliphatic rings. The smallest absolute Gasteiger partial charge is 0.232 e. The molecule has 0 atom stereocenters. The molecule has 2 heterocycles. The van der Waals surface area contributed by atoms with Gasteiger partial charge in [-0.15, -0.1) is 0 Å². The summed E-state index contributed by atoms with van der Waals surface area (Å²) >= 11 is 0. The zero-order chi connectivity index (χ0) is 17.9. The minimum atomic E-state index is -0.462. The SMILES string of the molecule is Cc1ccc(C(C)(C)C(=O)N2CCN(CC3CCOCC3)CC2)cc1. The van der Waals surface area contributed by atoms with Crippen LogP contribution < -0.4 is 0 Å². The minimum absolute atomic E-state index is 0.252. The molecule has 2 fully saturated rings. The Balaban J connectivity index is 1.54. The highest BCUT2D eigenvalue weighted by Crippen LogP contribution is 2.27. The molecule has 0 saturated carbocycles. The van der Waals surface area contributed by atoms with Crippen molar-refractivity contribution >= 4 is 5.91 Å². The Labute approximate surface area is 152 Å². The number of nitrogens with zero attached hydrogens (tertiary/aromatic N) is 2. The molecule has 1 amide bonds. The second-order valence-electron chi connectivity index (χ2n) is 8.14. The molecule has 138 valence electrons. The quantitative estimate of drug-likeness (QED) is 0.842. The standard InChI is InChI=1S/C21H32N2O2/c1-17-4-6-19(7-5-17)21(2,3)20(24)23-12-10-22(11-13-23)16-18-8-14-25-15-9-18/h4-7,18H,8-16H2,1-3H3. The summed E-state index contributed by atoms with van der Waals surface area (Å²) in [6, 6.07) is 8.37. The maximum absolute atomic E-state index is 13.1. The minimum Gasteiger partial charge on any atom is -0.381 e. The number of benzene rings is 1. The van der Waals surface area contributed by atoms with E-state index in [0.29, 0.717) is 0 Å². The van der Waals surface area contributed by atoms with Crippen molar-refractivity contribution < 1.29 is 9.53 Å². The molecule has 0 unspecified atom stereocenters. The van der Waals surface area contributed by atoms with Gasteiger partial charge in [0.2, 0.25) is 5.91 Å². The van der Waals surface area contributed by atoms with Gasteiger partial charge >= 0.3 is 0 Å². The largest absolute Gasteiger partial charge is 0.381 e. The predicted octanol–water partition coefficient (Wildman–Crippen LogP) is 2.84. The van der Waals surface area contributed by atoms with E-state index in [0.717, 1.165) is 57.4 Å². The third-order valence-corrected chi connectivity index (χ3v) is 5.82. The van der Waals surface area contributed by atoms with Gasteiger partial charge in [0, 0.05) is 45.9 Å². The first kappa shape index (κ1) is 18.4. The first-order valence-corrected chi connectivity index (χ1v) is 9.63. The monoisotopic (exact) mass is 344 g/mol. The second kappa shape index (κ2) is 7.88. The average molecular weight is 344 g/mol. The summed E-state index contributed by atoms with van der Waals surface area (Å²) in [6.07, 6.45) is 2.36. The summed E-state index contributed by atoms with van der Waals surface area (Å²) in [7, 11) is 0.